The SMILES string of the molecule is CCN(CC(C)C(N)=NO)S(=O)(=O)c1cn(CC)c(C)n1. The van der Waals surface area contributed by atoms with Gasteiger partial charge in [0.05, 0.1) is 0 Å². The quantitative estimate of drug-likeness (QED) is 0.331. The molecule has 9 heteroatoms. The highest BCUT2D eigenvalue weighted by Gasteiger charge is 2.28. The van der Waals surface area contributed by atoms with Crippen molar-refractivity contribution in [1.29, 1.82) is 0 Å². The van der Waals surface area contributed by atoms with Gasteiger partial charge in [0.2, 0.25) is 0 Å². The number of nitrogens with zero attached hydrogens (tertiary/aromatic N) is 4. The van der Waals surface area contributed by atoms with Crippen molar-refractivity contribution in [2.24, 2.45) is 16.8 Å². The summed E-state index contributed by atoms with van der Waals surface area (Å²) < 4.78 is 28.2. The van der Waals surface area contributed by atoms with Gasteiger partial charge in [0.25, 0.3) is 10.0 Å². The van der Waals surface area contributed by atoms with Crippen LogP contribution in [0.4, 0.5) is 0 Å². The molecule has 0 bridgehead atoms. The zero-order chi connectivity index (χ0) is 16.2. The van der Waals surface area contributed by atoms with Crippen molar-refractivity contribution >= 4 is 15.9 Å². The fourth-order valence-electron chi connectivity index (χ4n) is 1.95. The zero-order valence-electron chi connectivity index (χ0n) is 12.8. The normalized spacial score (nSPS) is 14.6. The molecule has 8 nitrogen and oxygen atoms in total. The first-order valence-corrected chi connectivity index (χ1v) is 8.23. The van der Waals surface area contributed by atoms with Gasteiger partial charge in [-0.2, -0.15) is 4.31 Å². The molecular formula is C12H23N5O3S. The third kappa shape index (κ3) is 3.73. The standard InChI is InChI=1S/C12H23N5O3S/c1-5-16-8-11(14-10(16)4)21(19,20)17(6-2)7-9(3)12(13)15-18/h8-9,18H,5-7H2,1-4H3,(H2,13,15). The Morgan fingerprint density at radius 2 is 2.19 bits per heavy atom. The van der Waals surface area contributed by atoms with Crippen molar-refractivity contribution in [3.8, 4) is 0 Å². The van der Waals surface area contributed by atoms with Gasteiger partial charge >= 0.3 is 0 Å². The highest BCUT2D eigenvalue weighted by Crippen LogP contribution is 2.17. The molecule has 1 aromatic rings. The Morgan fingerprint density at radius 3 is 2.62 bits per heavy atom. The molecule has 0 aliphatic heterocycles. The number of sulfonamides is 1. The molecule has 1 aromatic heterocycles. The molecule has 0 aliphatic rings. The Morgan fingerprint density at radius 1 is 1.57 bits per heavy atom. The van der Waals surface area contributed by atoms with E-state index in [1.54, 1.807) is 25.3 Å². The number of hydrogen-bond donors (Lipinski definition) is 2. The van der Waals surface area contributed by atoms with Gasteiger partial charge in [-0.3, -0.25) is 0 Å². The van der Waals surface area contributed by atoms with Gasteiger partial charge in [0.1, 0.15) is 11.7 Å². The van der Waals surface area contributed by atoms with E-state index in [-0.39, 0.29) is 29.9 Å². The molecule has 3 N–H and O–H groups in total. The Hall–Kier alpha value is -1.61. The maximum atomic E-state index is 12.6. The molecule has 0 fully saturated rings. The third-order valence-electron chi connectivity index (χ3n) is 3.35. The van der Waals surface area contributed by atoms with Gasteiger partial charge in [0, 0.05) is 31.7 Å². The molecule has 0 radical (unpaired) electrons. The van der Waals surface area contributed by atoms with Crippen LogP contribution in [0.3, 0.4) is 0 Å². The number of aromatic nitrogens is 2. The Kier molecular flexibility index (Phi) is 5.73. The molecular weight excluding hydrogens is 294 g/mol. The predicted molar refractivity (Wildman–Crippen MR) is 79.6 cm³/mol. The molecule has 21 heavy (non-hydrogen) atoms. The average molecular weight is 317 g/mol. The second kappa shape index (κ2) is 6.90. The van der Waals surface area contributed by atoms with Crippen LogP contribution in [0.25, 0.3) is 0 Å². The smallest absolute Gasteiger partial charge is 0.262 e. The lowest BCUT2D eigenvalue weighted by molar-refractivity contribution is 0.311. The summed E-state index contributed by atoms with van der Waals surface area (Å²) in [4.78, 5) is 4.12. The maximum absolute atomic E-state index is 12.6. The van der Waals surface area contributed by atoms with Crippen LogP contribution in [0.15, 0.2) is 16.4 Å². The average Bonchev–Trinajstić information content (AvgIpc) is 2.85. The van der Waals surface area contributed by atoms with Gasteiger partial charge in [-0.05, 0) is 13.8 Å². The van der Waals surface area contributed by atoms with E-state index < -0.39 is 10.0 Å². The van der Waals surface area contributed by atoms with Crippen LogP contribution in [-0.4, -0.2) is 46.4 Å². The fraction of sp³-hybridized carbons (Fsp3) is 0.667. The van der Waals surface area contributed by atoms with Gasteiger partial charge in [-0.25, -0.2) is 13.4 Å². The number of oxime groups is 1. The largest absolute Gasteiger partial charge is 0.409 e. The van der Waals surface area contributed by atoms with E-state index in [1.807, 2.05) is 6.92 Å². The van der Waals surface area contributed by atoms with Crippen molar-refractivity contribution in [3.63, 3.8) is 0 Å². The fourth-order valence-corrected chi connectivity index (χ4v) is 3.48. The van der Waals surface area contributed by atoms with E-state index in [4.69, 9.17) is 10.9 Å². The summed E-state index contributed by atoms with van der Waals surface area (Å²) in [5.41, 5.74) is 5.51. The van der Waals surface area contributed by atoms with Crippen LogP contribution in [0.1, 0.15) is 26.6 Å². The van der Waals surface area contributed by atoms with Gasteiger partial charge < -0.3 is 15.5 Å². The maximum Gasteiger partial charge on any atom is 0.262 e. The molecule has 0 spiro atoms. The Bertz CT molecular complexity index is 608. The van der Waals surface area contributed by atoms with E-state index in [1.165, 1.54) is 10.5 Å². The summed E-state index contributed by atoms with van der Waals surface area (Å²) in [7, 11) is -3.69. The molecule has 0 amide bonds. The first-order valence-electron chi connectivity index (χ1n) is 6.79. The van der Waals surface area contributed by atoms with E-state index in [0.29, 0.717) is 12.4 Å². The Balaban J connectivity index is 3.07. The Labute approximate surface area is 125 Å². The molecule has 1 unspecified atom stereocenters. The number of hydrogen-bond acceptors (Lipinski definition) is 5. The monoisotopic (exact) mass is 317 g/mol. The van der Waals surface area contributed by atoms with E-state index in [2.05, 4.69) is 10.1 Å². The van der Waals surface area contributed by atoms with Crippen LogP contribution < -0.4 is 5.73 Å². The number of nitrogens with two attached hydrogens (primary N) is 1. The highest BCUT2D eigenvalue weighted by atomic mass is 32.2. The lowest BCUT2D eigenvalue weighted by Crippen LogP contribution is -2.38. The van der Waals surface area contributed by atoms with Crippen LogP contribution in [-0.2, 0) is 16.6 Å². The second-order valence-electron chi connectivity index (χ2n) is 4.79. The molecule has 1 rings (SSSR count). The molecule has 0 saturated carbocycles. The van der Waals surface area contributed by atoms with Crippen molar-refractivity contribution in [2.45, 2.75) is 39.3 Å². The molecule has 120 valence electrons. The van der Waals surface area contributed by atoms with Crippen LogP contribution >= 0.6 is 0 Å². The minimum atomic E-state index is -3.69. The summed E-state index contributed by atoms with van der Waals surface area (Å²) in [6.07, 6.45) is 1.53. The van der Waals surface area contributed by atoms with Crippen molar-refractivity contribution in [3.05, 3.63) is 12.0 Å². The summed E-state index contributed by atoms with van der Waals surface area (Å²) in [5.74, 6) is 0.259. The molecule has 1 atom stereocenters. The predicted octanol–water partition coefficient (Wildman–Crippen LogP) is 0.605. The van der Waals surface area contributed by atoms with E-state index in [0.717, 1.165) is 0 Å². The second-order valence-corrected chi connectivity index (χ2v) is 6.68. The van der Waals surface area contributed by atoms with Gasteiger partial charge in [-0.15, -0.1) is 0 Å². The van der Waals surface area contributed by atoms with Gasteiger partial charge in [0.15, 0.2) is 5.03 Å². The van der Waals surface area contributed by atoms with Crippen LogP contribution in [0.2, 0.25) is 0 Å². The summed E-state index contributed by atoms with van der Waals surface area (Å²) >= 11 is 0. The zero-order valence-corrected chi connectivity index (χ0v) is 13.6. The lowest BCUT2D eigenvalue weighted by atomic mass is 10.1. The van der Waals surface area contributed by atoms with E-state index in [9.17, 15) is 8.42 Å². The molecule has 0 saturated heterocycles. The topological polar surface area (TPSA) is 114 Å². The summed E-state index contributed by atoms with van der Waals surface area (Å²) in [6, 6.07) is 0. The highest BCUT2D eigenvalue weighted by molar-refractivity contribution is 7.89. The minimum absolute atomic E-state index is 0.00100. The number of amidine groups is 1. The lowest BCUT2D eigenvalue weighted by Gasteiger charge is -2.22. The van der Waals surface area contributed by atoms with E-state index >= 15 is 0 Å². The van der Waals surface area contributed by atoms with Crippen LogP contribution in [0.5, 0.6) is 0 Å². The van der Waals surface area contributed by atoms with Crippen molar-refractivity contribution in [2.75, 3.05) is 13.1 Å². The summed E-state index contributed by atoms with van der Waals surface area (Å²) in [5, 5.41) is 11.6. The van der Waals surface area contributed by atoms with Crippen LogP contribution in [0, 0.1) is 12.8 Å². The number of rotatable bonds is 7. The first kappa shape index (κ1) is 17.4. The minimum Gasteiger partial charge on any atom is -0.409 e. The number of imidazole rings is 1. The first-order chi connectivity index (χ1) is 9.77. The number of aryl methyl sites for hydroxylation is 2. The molecule has 1 heterocycles. The summed E-state index contributed by atoms with van der Waals surface area (Å²) in [6.45, 7) is 8.18. The van der Waals surface area contributed by atoms with Gasteiger partial charge in [-0.1, -0.05) is 19.0 Å². The third-order valence-corrected chi connectivity index (χ3v) is 5.16. The molecule has 0 aromatic carbocycles. The van der Waals surface area contributed by atoms with Crippen molar-refractivity contribution in [1.82, 2.24) is 13.9 Å². The molecule has 0 aliphatic carbocycles. The van der Waals surface area contributed by atoms with Crippen molar-refractivity contribution < 1.29 is 13.6 Å².